The Morgan fingerprint density at radius 1 is 1.24 bits per heavy atom. The van der Waals surface area contributed by atoms with Crippen molar-refractivity contribution < 1.29 is 27.6 Å². The zero-order valence-electron chi connectivity index (χ0n) is 12.9. The van der Waals surface area contributed by atoms with E-state index in [0.717, 1.165) is 12.1 Å². The number of carbonyl (C=O) groups excluding carboxylic acids is 1. The van der Waals surface area contributed by atoms with Gasteiger partial charge in [0.15, 0.2) is 11.4 Å². The fourth-order valence-electron chi connectivity index (χ4n) is 2.32. The van der Waals surface area contributed by atoms with Crippen molar-refractivity contribution >= 4 is 12.1 Å². The van der Waals surface area contributed by atoms with E-state index in [2.05, 4.69) is 15.1 Å². The van der Waals surface area contributed by atoms with Gasteiger partial charge >= 0.3 is 6.18 Å². The lowest BCUT2D eigenvalue weighted by molar-refractivity contribution is -0.137. The van der Waals surface area contributed by atoms with Gasteiger partial charge in [-0.2, -0.15) is 18.2 Å². The van der Waals surface area contributed by atoms with Gasteiger partial charge in [-0.25, -0.2) is 4.99 Å². The molecule has 0 saturated carbocycles. The highest BCUT2D eigenvalue weighted by atomic mass is 19.4. The molecule has 3 rings (SSSR count). The molecule has 2 unspecified atom stereocenters. The Morgan fingerprint density at radius 2 is 1.96 bits per heavy atom. The van der Waals surface area contributed by atoms with Gasteiger partial charge in [0, 0.05) is 6.21 Å². The zero-order valence-corrected chi connectivity index (χ0v) is 12.9. The summed E-state index contributed by atoms with van der Waals surface area (Å²) in [6, 6.07) is 4.18. The number of halogens is 3. The monoisotopic (exact) mass is 351 g/mol. The molecule has 6 nitrogen and oxygen atoms in total. The molecule has 0 bridgehead atoms. The number of amides is 1. The van der Waals surface area contributed by atoms with Gasteiger partial charge in [-0.1, -0.05) is 23.4 Å². The van der Waals surface area contributed by atoms with Crippen LogP contribution in [-0.4, -0.2) is 27.4 Å². The third kappa shape index (κ3) is 3.22. The third-order valence-corrected chi connectivity index (χ3v) is 3.75. The number of alkyl halides is 3. The van der Waals surface area contributed by atoms with E-state index in [0.29, 0.717) is 0 Å². The highest BCUT2D eigenvalue weighted by Gasteiger charge is 2.37. The molecule has 25 heavy (non-hydrogen) atoms. The molecule has 1 amide bonds. The van der Waals surface area contributed by atoms with Gasteiger partial charge in [-0.05, 0) is 30.7 Å². The zero-order chi connectivity index (χ0) is 18.2. The number of hydrogen-bond acceptors (Lipinski definition) is 5. The smallest absolute Gasteiger partial charge is 0.376 e. The van der Waals surface area contributed by atoms with Crippen molar-refractivity contribution in [3.8, 4) is 0 Å². The third-order valence-electron chi connectivity index (χ3n) is 3.75. The maximum absolute atomic E-state index is 12.9. The number of rotatable bonds is 3. The Hall–Kier alpha value is -2.81. The summed E-state index contributed by atoms with van der Waals surface area (Å²) in [7, 11) is 0. The van der Waals surface area contributed by atoms with Crippen molar-refractivity contribution in [2.24, 2.45) is 4.99 Å². The first-order valence-corrected chi connectivity index (χ1v) is 7.18. The second-order valence-electron chi connectivity index (χ2n) is 5.59. The summed E-state index contributed by atoms with van der Waals surface area (Å²) >= 11 is 0. The van der Waals surface area contributed by atoms with Crippen molar-refractivity contribution in [3.63, 3.8) is 0 Å². The summed E-state index contributed by atoms with van der Waals surface area (Å²) in [6.07, 6.45) is -0.196. The Balaban J connectivity index is 1.95. The van der Waals surface area contributed by atoms with Crippen LogP contribution in [0.2, 0.25) is 0 Å². The fraction of sp³-hybridized carbons (Fsp3) is 0.250. The first-order chi connectivity index (χ1) is 11.7. The number of allylic oxidation sites excluding steroid dienone is 1. The summed E-state index contributed by atoms with van der Waals surface area (Å²) in [6.45, 7) is 1.23. The molecular formula is C16H12F3N3O3. The number of carbonyl (C=O) groups is 1. The van der Waals surface area contributed by atoms with Crippen molar-refractivity contribution in [1.82, 2.24) is 10.1 Å². The average molecular weight is 351 g/mol. The first kappa shape index (κ1) is 17.0. The highest BCUT2D eigenvalue weighted by Crippen LogP contribution is 2.34. The maximum Gasteiger partial charge on any atom is 0.416 e. The molecule has 0 spiro atoms. The maximum atomic E-state index is 12.9. The van der Waals surface area contributed by atoms with Gasteiger partial charge in [0.05, 0.1) is 5.56 Å². The Kier molecular flexibility index (Phi) is 4.03. The minimum absolute atomic E-state index is 0.0275. The van der Waals surface area contributed by atoms with Crippen LogP contribution in [0.1, 0.15) is 35.7 Å². The van der Waals surface area contributed by atoms with Crippen molar-refractivity contribution in [3.05, 3.63) is 59.3 Å². The Labute approximate surface area is 139 Å². The molecule has 0 aliphatic carbocycles. The van der Waals surface area contributed by atoms with Crippen LogP contribution >= 0.6 is 0 Å². The van der Waals surface area contributed by atoms with E-state index < -0.39 is 29.2 Å². The van der Waals surface area contributed by atoms with Crippen LogP contribution in [0.15, 0.2) is 45.9 Å². The number of aromatic nitrogens is 2. The van der Waals surface area contributed by atoms with Gasteiger partial charge in [-0.3, -0.25) is 4.79 Å². The van der Waals surface area contributed by atoms with E-state index >= 15 is 0 Å². The molecule has 130 valence electrons. The number of nitrogens with zero attached hydrogens (tertiary/aromatic N) is 3. The molecule has 2 atom stereocenters. The van der Waals surface area contributed by atoms with E-state index in [9.17, 15) is 23.1 Å². The van der Waals surface area contributed by atoms with Crippen LogP contribution < -0.4 is 0 Å². The molecule has 1 aliphatic heterocycles. The quantitative estimate of drug-likeness (QED) is 0.918. The lowest BCUT2D eigenvalue weighted by Crippen LogP contribution is -2.24. The van der Waals surface area contributed by atoms with Crippen LogP contribution in [0.25, 0.3) is 0 Å². The summed E-state index contributed by atoms with van der Waals surface area (Å²) in [4.78, 5) is 19.3. The molecule has 1 aliphatic rings. The van der Waals surface area contributed by atoms with E-state index in [1.165, 1.54) is 37.4 Å². The number of aliphatic imine (C=N–C) groups is 1. The summed E-state index contributed by atoms with van der Waals surface area (Å²) in [5, 5.41) is 14.3. The molecule has 2 aromatic rings. The van der Waals surface area contributed by atoms with Gasteiger partial charge in [0.25, 0.3) is 11.8 Å². The van der Waals surface area contributed by atoms with Crippen LogP contribution in [0.3, 0.4) is 0 Å². The van der Waals surface area contributed by atoms with Gasteiger partial charge in [0.2, 0.25) is 0 Å². The van der Waals surface area contributed by atoms with Crippen molar-refractivity contribution in [2.75, 3.05) is 0 Å². The summed E-state index contributed by atoms with van der Waals surface area (Å²) in [5.41, 5.74) is -2.94. The van der Waals surface area contributed by atoms with E-state index in [1.807, 2.05) is 0 Å². The predicted octanol–water partition coefficient (Wildman–Crippen LogP) is 2.60. The number of hydrogen-bond donors (Lipinski definition) is 1. The van der Waals surface area contributed by atoms with Gasteiger partial charge < -0.3 is 9.63 Å². The average Bonchev–Trinajstić information content (AvgIpc) is 3.05. The highest BCUT2D eigenvalue weighted by molar-refractivity contribution is 5.96. The fourth-order valence-corrected chi connectivity index (χ4v) is 2.32. The van der Waals surface area contributed by atoms with E-state index in [-0.39, 0.29) is 17.3 Å². The number of benzene rings is 1. The lowest BCUT2D eigenvalue weighted by Gasteiger charge is -2.20. The van der Waals surface area contributed by atoms with E-state index in [4.69, 9.17) is 4.52 Å². The van der Waals surface area contributed by atoms with Crippen molar-refractivity contribution in [1.29, 1.82) is 0 Å². The normalized spacial score (nSPS) is 19.9. The molecule has 1 aromatic heterocycles. The minimum atomic E-state index is -4.55. The number of aliphatic hydroxyl groups is 1. The number of dihydropyridines is 1. The second-order valence-corrected chi connectivity index (χ2v) is 5.59. The van der Waals surface area contributed by atoms with Crippen molar-refractivity contribution in [2.45, 2.75) is 24.6 Å². The first-order valence-electron chi connectivity index (χ1n) is 7.18. The second kappa shape index (κ2) is 5.92. The standard InChI is InChI=1S/C16H12F3N3O3/c1-15(24,9-4-2-5-10(8-9)16(17,18)19)14-21-12(22-25-14)11-6-3-7-20-13(11)23/h2-8,11,24H,1H3. The molecule has 0 radical (unpaired) electrons. The van der Waals surface area contributed by atoms with Crippen LogP contribution in [0.5, 0.6) is 0 Å². The molecule has 2 heterocycles. The SMILES string of the molecule is CC(O)(c1cccc(C(F)(F)F)c1)c1nc(C2C=CC=NC2=O)no1. The molecular weight excluding hydrogens is 339 g/mol. The minimum Gasteiger partial charge on any atom is -0.376 e. The summed E-state index contributed by atoms with van der Waals surface area (Å²) in [5.74, 6) is -1.72. The van der Waals surface area contributed by atoms with E-state index in [1.54, 1.807) is 0 Å². The largest absolute Gasteiger partial charge is 0.416 e. The predicted molar refractivity (Wildman–Crippen MR) is 79.8 cm³/mol. The van der Waals surface area contributed by atoms with Crippen LogP contribution in [-0.2, 0) is 16.6 Å². The molecule has 0 saturated heterocycles. The Morgan fingerprint density at radius 3 is 2.64 bits per heavy atom. The van der Waals surface area contributed by atoms with Crippen LogP contribution in [0, 0.1) is 0 Å². The lowest BCUT2D eigenvalue weighted by atomic mass is 9.94. The molecule has 9 heteroatoms. The molecule has 0 fully saturated rings. The van der Waals surface area contributed by atoms with Crippen LogP contribution in [0.4, 0.5) is 13.2 Å². The van der Waals surface area contributed by atoms with Gasteiger partial charge in [-0.15, -0.1) is 0 Å². The molecule has 1 N–H and O–H groups in total. The summed E-state index contributed by atoms with van der Waals surface area (Å²) < 4.78 is 43.6. The van der Waals surface area contributed by atoms with Gasteiger partial charge in [0.1, 0.15) is 5.92 Å². The molecule has 1 aromatic carbocycles. The Bertz CT molecular complexity index is 869. The topological polar surface area (TPSA) is 88.6 Å².